The van der Waals surface area contributed by atoms with Crippen LogP contribution < -0.4 is 5.56 Å². The number of nitrogens with zero attached hydrogens (tertiary/aromatic N) is 2. The Kier molecular flexibility index (Phi) is 3.71. The van der Waals surface area contributed by atoms with Gasteiger partial charge in [0.25, 0.3) is 5.56 Å². The van der Waals surface area contributed by atoms with Gasteiger partial charge in [0, 0.05) is 12.6 Å². The third-order valence-corrected chi connectivity index (χ3v) is 3.39. The lowest BCUT2D eigenvalue weighted by Gasteiger charge is -2.16. The Hall–Kier alpha value is -2.08. The zero-order valence-corrected chi connectivity index (χ0v) is 11.4. The Balaban J connectivity index is 2.24. The SMILES string of the molecule is CC(C)(C#N)CCCn1c(=O)ccc2ccccc21. The summed E-state index contributed by atoms with van der Waals surface area (Å²) in [4.78, 5) is 12.0. The fourth-order valence-corrected chi connectivity index (χ4v) is 2.21. The van der Waals surface area contributed by atoms with Crippen molar-refractivity contribution in [3.63, 3.8) is 0 Å². The summed E-state index contributed by atoms with van der Waals surface area (Å²) in [6.07, 6.45) is 1.62. The van der Waals surface area contributed by atoms with E-state index in [2.05, 4.69) is 6.07 Å². The molecule has 0 N–H and O–H groups in total. The number of aryl methyl sites for hydroxylation is 1. The van der Waals surface area contributed by atoms with E-state index in [1.807, 2.05) is 44.2 Å². The summed E-state index contributed by atoms with van der Waals surface area (Å²) < 4.78 is 1.79. The third kappa shape index (κ3) is 3.03. The molecule has 3 nitrogen and oxygen atoms in total. The Morgan fingerprint density at radius 1 is 1.21 bits per heavy atom. The van der Waals surface area contributed by atoms with E-state index < -0.39 is 0 Å². The Bertz CT molecular complexity index is 677. The number of fused-ring (bicyclic) bond motifs is 1. The summed E-state index contributed by atoms with van der Waals surface area (Å²) in [5.41, 5.74) is 0.659. The van der Waals surface area contributed by atoms with Crippen LogP contribution in [0.5, 0.6) is 0 Å². The summed E-state index contributed by atoms with van der Waals surface area (Å²) in [6.45, 7) is 4.52. The summed E-state index contributed by atoms with van der Waals surface area (Å²) >= 11 is 0. The maximum Gasteiger partial charge on any atom is 0.251 e. The second-order valence-electron chi connectivity index (χ2n) is 5.48. The molecule has 1 heterocycles. The molecule has 0 atom stereocenters. The molecule has 0 radical (unpaired) electrons. The quantitative estimate of drug-likeness (QED) is 0.840. The lowest BCUT2D eigenvalue weighted by Crippen LogP contribution is -2.20. The van der Waals surface area contributed by atoms with Gasteiger partial charge >= 0.3 is 0 Å². The van der Waals surface area contributed by atoms with Crippen LogP contribution in [-0.2, 0) is 6.54 Å². The number of aromatic nitrogens is 1. The number of hydrogen-bond donors (Lipinski definition) is 0. The van der Waals surface area contributed by atoms with Gasteiger partial charge in [0.15, 0.2) is 0 Å². The number of benzene rings is 1. The van der Waals surface area contributed by atoms with Crippen molar-refractivity contribution in [1.82, 2.24) is 4.57 Å². The van der Waals surface area contributed by atoms with Gasteiger partial charge in [0.2, 0.25) is 0 Å². The van der Waals surface area contributed by atoms with Crippen LogP contribution in [0.1, 0.15) is 26.7 Å². The number of pyridine rings is 1. The van der Waals surface area contributed by atoms with Crippen molar-refractivity contribution in [3.8, 4) is 6.07 Å². The highest BCUT2D eigenvalue weighted by Crippen LogP contribution is 2.21. The van der Waals surface area contributed by atoms with E-state index in [1.54, 1.807) is 10.6 Å². The second-order valence-corrected chi connectivity index (χ2v) is 5.48. The Labute approximate surface area is 113 Å². The van der Waals surface area contributed by atoms with Gasteiger partial charge in [-0.1, -0.05) is 18.2 Å². The molecule has 0 bridgehead atoms. The number of rotatable bonds is 4. The average molecular weight is 254 g/mol. The fourth-order valence-electron chi connectivity index (χ4n) is 2.21. The minimum Gasteiger partial charge on any atom is -0.308 e. The van der Waals surface area contributed by atoms with Gasteiger partial charge in [-0.3, -0.25) is 4.79 Å². The first kappa shape index (κ1) is 13.4. The molecule has 0 amide bonds. The van der Waals surface area contributed by atoms with Crippen LogP contribution in [0.2, 0.25) is 0 Å². The summed E-state index contributed by atoms with van der Waals surface area (Å²) in [5, 5.41) is 10.1. The molecule has 0 unspecified atom stereocenters. The molecule has 0 fully saturated rings. The first-order chi connectivity index (χ1) is 9.03. The zero-order valence-electron chi connectivity index (χ0n) is 11.4. The number of para-hydroxylation sites is 1. The van der Waals surface area contributed by atoms with E-state index in [-0.39, 0.29) is 11.0 Å². The van der Waals surface area contributed by atoms with Crippen molar-refractivity contribution in [2.45, 2.75) is 33.2 Å². The molecule has 0 aliphatic rings. The second kappa shape index (κ2) is 5.27. The van der Waals surface area contributed by atoms with E-state index in [9.17, 15) is 4.79 Å². The van der Waals surface area contributed by atoms with Gasteiger partial charge < -0.3 is 4.57 Å². The van der Waals surface area contributed by atoms with E-state index in [1.165, 1.54) is 0 Å². The first-order valence-corrected chi connectivity index (χ1v) is 6.53. The van der Waals surface area contributed by atoms with Gasteiger partial charge in [0.1, 0.15) is 0 Å². The van der Waals surface area contributed by atoms with Gasteiger partial charge in [-0.15, -0.1) is 0 Å². The maximum atomic E-state index is 12.0. The van der Waals surface area contributed by atoms with Crippen LogP contribution in [-0.4, -0.2) is 4.57 Å². The van der Waals surface area contributed by atoms with Crippen molar-refractivity contribution < 1.29 is 0 Å². The van der Waals surface area contributed by atoms with Crippen LogP contribution >= 0.6 is 0 Å². The average Bonchev–Trinajstić information content (AvgIpc) is 2.41. The smallest absolute Gasteiger partial charge is 0.251 e. The molecule has 19 heavy (non-hydrogen) atoms. The highest BCUT2D eigenvalue weighted by molar-refractivity contribution is 5.78. The zero-order chi connectivity index (χ0) is 13.9. The first-order valence-electron chi connectivity index (χ1n) is 6.53. The maximum absolute atomic E-state index is 12.0. The molecule has 3 heteroatoms. The van der Waals surface area contributed by atoms with Gasteiger partial charge in [-0.05, 0) is 44.2 Å². The van der Waals surface area contributed by atoms with Crippen LogP contribution in [0.4, 0.5) is 0 Å². The minimum atomic E-state index is -0.325. The molecule has 0 saturated heterocycles. The monoisotopic (exact) mass is 254 g/mol. The molecule has 0 saturated carbocycles. The van der Waals surface area contributed by atoms with E-state index >= 15 is 0 Å². The van der Waals surface area contributed by atoms with Gasteiger partial charge in [-0.25, -0.2) is 0 Å². The number of nitriles is 1. The molecule has 1 aromatic heterocycles. The molecule has 2 rings (SSSR count). The van der Waals surface area contributed by atoms with Crippen molar-refractivity contribution >= 4 is 10.9 Å². The highest BCUT2D eigenvalue weighted by atomic mass is 16.1. The Morgan fingerprint density at radius 3 is 2.68 bits per heavy atom. The predicted octanol–water partition coefficient (Wildman–Crippen LogP) is 3.33. The number of hydrogen-bond acceptors (Lipinski definition) is 2. The fraction of sp³-hybridized carbons (Fsp3) is 0.375. The van der Waals surface area contributed by atoms with Crippen molar-refractivity contribution in [2.75, 3.05) is 0 Å². The molecule has 0 spiro atoms. The lowest BCUT2D eigenvalue weighted by atomic mass is 9.90. The molecular weight excluding hydrogens is 236 g/mol. The topological polar surface area (TPSA) is 45.8 Å². The van der Waals surface area contributed by atoms with Gasteiger partial charge in [0.05, 0.1) is 17.0 Å². The molecule has 0 aliphatic carbocycles. The summed E-state index contributed by atoms with van der Waals surface area (Å²) in [5.74, 6) is 0. The van der Waals surface area contributed by atoms with Crippen LogP contribution in [0.25, 0.3) is 10.9 Å². The van der Waals surface area contributed by atoms with E-state index in [0.29, 0.717) is 6.54 Å². The van der Waals surface area contributed by atoms with Crippen molar-refractivity contribution in [3.05, 3.63) is 46.8 Å². The summed E-state index contributed by atoms with van der Waals surface area (Å²) in [6, 6.07) is 13.6. The van der Waals surface area contributed by atoms with Gasteiger partial charge in [-0.2, -0.15) is 5.26 Å². The lowest BCUT2D eigenvalue weighted by molar-refractivity contribution is 0.416. The summed E-state index contributed by atoms with van der Waals surface area (Å²) in [7, 11) is 0. The van der Waals surface area contributed by atoms with Crippen LogP contribution in [0, 0.1) is 16.7 Å². The molecular formula is C16H18N2O. The third-order valence-electron chi connectivity index (χ3n) is 3.39. The highest BCUT2D eigenvalue weighted by Gasteiger charge is 2.16. The predicted molar refractivity (Wildman–Crippen MR) is 76.8 cm³/mol. The van der Waals surface area contributed by atoms with E-state index in [0.717, 1.165) is 23.7 Å². The molecule has 98 valence electrons. The molecule has 2 aromatic rings. The van der Waals surface area contributed by atoms with Crippen molar-refractivity contribution in [1.29, 1.82) is 5.26 Å². The molecule has 0 aliphatic heterocycles. The van der Waals surface area contributed by atoms with E-state index in [4.69, 9.17) is 5.26 Å². The molecule has 1 aromatic carbocycles. The van der Waals surface area contributed by atoms with Crippen molar-refractivity contribution in [2.24, 2.45) is 5.41 Å². The van der Waals surface area contributed by atoms with Crippen LogP contribution in [0.15, 0.2) is 41.2 Å². The normalized spacial score (nSPS) is 11.4. The largest absolute Gasteiger partial charge is 0.308 e. The standard InChI is InChI=1S/C16H18N2O/c1-16(2,12-17)10-5-11-18-14-7-4-3-6-13(14)8-9-15(18)19/h3-4,6-9H,5,10-11H2,1-2H3. The minimum absolute atomic E-state index is 0.0217. The van der Waals surface area contributed by atoms with Crippen LogP contribution in [0.3, 0.4) is 0 Å². The Morgan fingerprint density at radius 2 is 1.95 bits per heavy atom.